The number of unbranched alkanes of at least 4 members (excludes halogenated alkanes) is 4. The summed E-state index contributed by atoms with van der Waals surface area (Å²) in [6.07, 6.45) is 13.9. The average molecular weight is 368 g/mol. The maximum absolute atomic E-state index is 7.00. The Labute approximate surface area is 163 Å². The molecule has 1 aromatic rings. The first-order valence-corrected chi connectivity index (χ1v) is 10.4. The van der Waals surface area contributed by atoms with Crippen LogP contribution in [0, 0.1) is 0 Å². The minimum Gasteiger partial charge on any atom is -0.400 e. The number of hydrogen-bond acceptors (Lipinski definition) is 3. The number of nitrogens with two attached hydrogens (primary N) is 1. The maximum Gasteiger partial charge on any atom is 0.0351 e. The van der Waals surface area contributed by atoms with Crippen molar-refractivity contribution in [3.63, 3.8) is 0 Å². The molecule has 1 atom stereocenters. The third-order valence-corrected chi connectivity index (χ3v) is 4.29. The van der Waals surface area contributed by atoms with Crippen molar-refractivity contribution in [2.24, 2.45) is 5.73 Å². The largest absolute Gasteiger partial charge is 0.400 e. The fourth-order valence-electron chi connectivity index (χ4n) is 2.88. The van der Waals surface area contributed by atoms with Gasteiger partial charge < -0.3 is 15.6 Å². The zero-order valence-corrected chi connectivity index (χ0v) is 18.1. The van der Waals surface area contributed by atoms with Crippen molar-refractivity contribution in [3.05, 3.63) is 35.4 Å². The Hall–Kier alpha value is -0.900. The van der Waals surface area contributed by atoms with Gasteiger partial charge in [-0.15, -0.1) is 0 Å². The fraction of sp³-hybridized carbons (Fsp3) is 0.739. The van der Waals surface area contributed by atoms with E-state index in [0.29, 0.717) is 6.04 Å². The molecule has 0 aromatic heterocycles. The second-order valence-corrected chi connectivity index (χ2v) is 6.83. The van der Waals surface area contributed by atoms with Gasteiger partial charge in [0.1, 0.15) is 0 Å². The number of rotatable bonds is 12. The minimum absolute atomic E-state index is 0.417. The van der Waals surface area contributed by atoms with E-state index in [4.69, 9.17) is 10.8 Å². The van der Waals surface area contributed by atoms with Gasteiger partial charge in [0.2, 0.25) is 0 Å². The molecule has 1 rings (SSSR count). The Bertz CT molecular complexity index is 365. The first-order valence-electron chi connectivity index (χ1n) is 10.4. The summed E-state index contributed by atoms with van der Waals surface area (Å²) in [5, 5.41) is 7.00. The minimum atomic E-state index is 0.417. The zero-order chi connectivity index (χ0) is 20.0. The van der Waals surface area contributed by atoms with E-state index < -0.39 is 0 Å². The molecule has 0 heterocycles. The van der Waals surface area contributed by atoms with Gasteiger partial charge in [0.05, 0.1) is 0 Å². The molecule has 0 saturated carbocycles. The number of aryl methyl sites for hydroxylation is 2. The normalized spacial score (nSPS) is 11.0. The van der Waals surface area contributed by atoms with E-state index in [1.54, 1.807) is 14.2 Å². The van der Waals surface area contributed by atoms with Crippen molar-refractivity contribution >= 4 is 0 Å². The Balaban J connectivity index is 0. The van der Waals surface area contributed by atoms with Crippen LogP contribution in [0.25, 0.3) is 0 Å². The zero-order valence-electron chi connectivity index (χ0n) is 18.1. The lowest BCUT2D eigenvalue weighted by atomic mass is 10.0. The van der Waals surface area contributed by atoms with Crippen molar-refractivity contribution < 1.29 is 9.84 Å². The van der Waals surface area contributed by atoms with Crippen molar-refractivity contribution in [1.29, 1.82) is 0 Å². The molecule has 0 aliphatic rings. The van der Waals surface area contributed by atoms with E-state index in [-0.39, 0.29) is 0 Å². The molecule has 1 unspecified atom stereocenters. The standard InChI is InChI=1S/C20H35N.C2H6O.CH4O/c1-3-5-6-7-11-18-14-16-19(17-15-18)12-8-9-13-20(21)10-4-2;1-3-2;1-2/h14-17,20H,3-13,21H2,1-2H3;1-2H3;2H,1H3. The van der Waals surface area contributed by atoms with Crippen LogP contribution in [-0.4, -0.2) is 32.5 Å². The van der Waals surface area contributed by atoms with E-state index in [1.165, 1.54) is 81.8 Å². The summed E-state index contributed by atoms with van der Waals surface area (Å²) in [4.78, 5) is 0. The van der Waals surface area contributed by atoms with Crippen molar-refractivity contribution in [1.82, 2.24) is 0 Å². The summed E-state index contributed by atoms with van der Waals surface area (Å²) in [5.74, 6) is 0. The van der Waals surface area contributed by atoms with E-state index in [2.05, 4.69) is 42.8 Å². The molecule has 1 aromatic carbocycles. The van der Waals surface area contributed by atoms with Crippen LogP contribution < -0.4 is 5.73 Å². The van der Waals surface area contributed by atoms with Crippen LogP contribution in [0.1, 0.15) is 82.8 Å². The molecule has 0 radical (unpaired) electrons. The molecular weight excluding hydrogens is 322 g/mol. The smallest absolute Gasteiger partial charge is 0.0351 e. The molecule has 154 valence electrons. The topological polar surface area (TPSA) is 55.5 Å². The van der Waals surface area contributed by atoms with Crippen LogP contribution in [-0.2, 0) is 17.6 Å². The molecule has 3 heteroatoms. The first kappa shape index (κ1) is 27.3. The number of benzene rings is 1. The second-order valence-electron chi connectivity index (χ2n) is 6.83. The molecule has 0 bridgehead atoms. The molecule has 0 spiro atoms. The van der Waals surface area contributed by atoms with Crippen LogP contribution in [0.5, 0.6) is 0 Å². The highest BCUT2D eigenvalue weighted by Crippen LogP contribution is 2.13. The van der Waals surface area contributed by atoms with Gasteiger partial charge in [-0.25, -0.2) is 0 Å². The highest BCUT2D eigenvalue weighted by molar-refractivity contribution is 5.22. The first-order chi connectivity index (χ1) is 12.7. The summed E-state index contributed by atoms with van der Waals surface area (Å²) in [5.41, 5.74) is 9.03. The van der Waals surface area contributed by atoms with E-state index in [1.807, 2.05) is 0 Å². The second kappa shape index (κ2) is 22.1. The van der Waals surface area contributed by atoms with Crippen LogP contribution in [0.3, 0.4) is 0 Å². The number of ether oxygens (including phenoxy) is 1. The van der Waals surface area contributed by atoms with Crippen LogP contribution in [0.4, 0.5) is 0 Å². The molecule has 0 saturated heterocycles. The van der Waals surface area contributed by atoms with Crippen LogP contribution in [0.2, 0.25) is 0 Å². The predicted molar refractivity (Wildman–Crippen MR) is 116 cm³/mol. The number of aliphatic hydroxyl groups is 1. The fourth-order valence-corrected chi connectivity index (χ4v) is 2.88. The predicted octanol–water partition coefficient (Wildman–Crippen LogP) is 5.52. The molecule has 0 amide bonds. The van der Waals surface area contributed by atoms with Crippen molar-refractivity contribution in [2.45, 2.75) is 90.5 Å². The third kappa shape index (κ3) is 17.9. The lowest BCUT2D eigenvalue weighted by molar-refractivity contribution is 0.277. The maximum atomic E-state index is 7.00. The number of methoxy groups -OCH3 is 1. The quantitative estimate of drug-likeness (QED) is 0.478. The Kier molecular flexibility index (Phi) is 23.3. The SMILES string of the molecule is CCCCCCc1ccc(CCCCC(N)CCC)cc1.CO.COC. The van der Waals surface area contributed by atoms with Crippen molar-refractivity contribution in [3.8, 4) is 0 Å². The summed E-state index contributed by atoms with van der Waals surface area (Å²) >= 11 is 0. The average Bonchev–Trinajstić information content (AvgIpc) is 2.66. The summed E-state index contributed by atoms with van der Waals surface area (Å²) < 4.78 is 4.25. The molecule has 0 aliphatic carbocycles. The molecule has 3 N–H and O–H groups in total. The molecule has 26 heavy (non-hydrogen) atoms. The summed E-state index contributed by atoms with van der Waals surface area (Å²) in [7, 11) is 4.25. The molecular formula is C23H45NO2. The van der Waals surface area contributed by atoms with E-state index in [0.717, 1.165) is 7.11 Å². The summed E-state index contributed by atoms with van der Waals surface area (Å²) in [6, 6.07) is 9.71. The van der Waals surface area contributed by atoms with Gasteiger partial charge in [0.15, 0.2) is 0 Å². The highest BCUT2D eigenvalue weighted by Gasteiger charge is 2.01. The lowest BCUT2D eigenvalue weighted by Gasteiger charge is -2.09. The lowest BCUT2D eigenvalue weighted by Crippen LogP contribution is -2.19. The number of hydrogen-bond donors (Lipinski definition) is 2. The van der Waals surface area contributed by atoms with Crippen molar-refractivity contribution in [2.75, 3.05) is 21.3 Å². The van der Waals surface area contributed by atoms with Gasteiger partial charge in [0.25, 0.3) is 0 Å². The monoisotopic (exact) mass is 367 g/mol. The molecule has 0 aliphatic heterocycles. The van der Waals surface area contributed by atoms with E-state index in [9.17, 15) is 0 Å². The van der Waals surface area contributed by atoms with Gasteiger partial charge in [-0.05, 0) is 49.7 Å². The summed E-state index contributed by atoms with van der Waals surface area (Å²) in [6.45, 7) is 4.48. The third-order valence-electron chi connectivity index (χ3n) is 4.29. The van der Waals surface area contributed by atoms with Crippen LogP contribution >= 0.6 is 0 Å². The van der Waals surface area contributed by atoms with Gasteiger partial charge in [0, 0.05) is 27.4 Å². The molecule has 0 fully saturated rings. The Morgan fingerprint density at radius 1 is 0.769 bits per heavy atom. The Morgan fingerprint density at radius 2 is 1.23 bits per heavy atom. The molecule has 3 nitrogen and oxygen atoms in total. The van der Waals surface area contributed by atoms with Gasteiger partial charge >= 0.3 is 0 Å². The Morgan fingerprint density at radius 3 is 1.65 bits per heavy atom. The van der Waals surface area contributed by atoms with Crippen LogP contribution in [0.15, 0.2) is 24.3 Å². The van der Waals surface area contributed by atoms with E-state index >= 15 is 0 Å². The van der Waals surface area contributed by atoms with Gasteiger partial charge in [-0.1, -0.05) is 70.2 Å². The van der Waals surface area contributed by atoms with Gasteiger partial charge in [-0.2, -0.15) is 0 Å². The number of aliphatic hydroxyl groups excluding tert-OH is 1. The highest BCUT2D eigenvalue weighted by atomic mass is 16.4. The van der Waals surface area contributed by atoms with Gasteiger partial charge in [-0.3, -0.25) is 0 Å².